The summed E-state index contributed by atoms with van der Waals surface area (Å²) in [5.41, 5.74) is 1.31. The van der Waals surface area contributed by atoms with Crippen molar-refractivity contribution in [3.8, 4) is 0 Å². The Balaban J connectivity index is 0.000000321. The highest BCUT2D eigenvalue weighted by molar-refractivity contribution is 5.73. The fourth-order valence-electron chi connectivity index (χ4n) is 3.78. The Morgan fingerprint density at radius 3 is 2.78 bits per heavy atom. The Hall–Kier alpha value is -1.65. The number of rotatable bonds is 4. The summed E-state index contributed by atoms with van der Waals surface area (Å²) in [7, 11) is 3.76. The smallest absolute Gasteiger partial charge is 0.475 e. The molecule has 0 radical (unpaired) electrons. The molecule has 0 bridgehead atoms. The van der Waals surface area contributed by atoms with E-state index in [1.54, 1.807) is 7.11 Å². The first-order chi connectivity index (χ1) is 12.7. The molecule has 7 nitrogen and oxygen atoms in total. The predicted octanol–water partition coefficient (Wildman–Crippen LogP) is 2.07. The monoisotopic (exact) mass is 393 g/mol. The molecule has 154 valence electrons. The van der Waals surface area contributed by atoms with Gasteiger partial charge >= 0.3 is 12.1 Å². The maximum Gasteiger partial charge on any atom is 0.490 e. The summed E-state index contributed by atoms with van der Waals surface area (Å²) in [5, 5.41) is 11.4. The molecule has 2 fully saturated rings. The number of aryl methyl sites for hydroxylation is 1. The molecule has 1 aliphatic heterocycles. The zero-order valence-corrected chi connectivity index (χ0v) is 15.5. The minimum Gasteiger partial charge on any atom is -0.475 e. The van der Waals surface area contributed by atoms with Gasteiger partial charge in [-0.3, -0.25) is 9.58 Å². The van der Waals surface area contributed by atoms with E-state index >= 15 is 0 Å². The first kappa shape index (κ1) is 21.6. The van der Waals surface area contributed by atoms with E-state index in [1.165, 1.54) is 24.8 Å². The first-order valence-corrected chi connectivity index (χ1v) is 8.79. The zero-order valence-electron chi connectivity index (χ0n) is 15.5. The fourth-order valence-corrected chi connectivity index (χ4v) is 3.78. The standard InChI is InChI=1S/C15H25N3O2.C2HF3O2/c1-17-9-13(8-16-17)10-18-6-7-20-15(12-18)5-3-4-14(15)11-19-2;3-2(4,5)1(6)7/h8-9,14H,3-7,10-12H2,1-2H3;(H,6,7)/t14-,15+;/m0./s1. The van der Waals surface area contributed by atoms with Crippen LogP contribution < -0.4 is 0 Å². The van der Waals surface area contributed by atoms with Crippen molar-refractivity contribution in [2.75, 3.05) is 33.4 Å². The van der Waals surface area contributed by atoms with Crippen molar-refractivity contribution in [1.29, 1.82) is 0 Å². The number of ether oxygens (including phenoxy) is 2. The molecule has 2 aliphatic rings. The molecule has 1 N–H and O–H groups in total. The summed E-state index contributed by atoms with van der Waals surface area (Å²) in [5.74, 6) is -2.21. The second kappa shape index (κ2) is 9.03. The van der Waals surface area contributed by atoms with Crippen molar-refractivity contribution < 1.29 is 32.5 Å². The number of halogens is 3. The van der Waals surface area contributed by atoms with Crippen molar-refractivity contribution in [3.63, 3.8) is 0 Å². The van der Waals surface area contributed by atoms with E-state index in [1.807, 2.05) is 17.9 Å². The average molecular weight is 393 g/mol. The number of methoxy groups -OCH3 is 1. The van der Waals surface area contributed by atoms with Crippen molar-refractivity contribution >= 4 is 5.97 Å². The molecule has 1 aromatic heterocycles. The van der Waals surface area contributed by atoms with Crippen LogP contribution in [0.25, 0.3) is 0 Å². The Labute approximate surface area is 156 Å². The van der Waals surface area contributed by atoms with E-state index in [0.717, 1.165) is 32.8 Å². The van der Waals surface area contributed by atoms with Gasteiger partial charge in [-0.05, 0) is 12.8 Å². The van der Waals surface area contributed by atoms with E-state index in [0.29, 0.717) is 5.92 Å². The number of aromatic nitrogens is 2. The van der Waals surface area contributed by atoms with Gasteiger partial charge in [0.25, 0.3) is 0 Å². The molecule has 0 aromatic carbocycles. The summed E-state index contributed by atoms with van der Waals surface area (Å²) in [4.78, 5) is 11.4. The summed E-state index contributed by atoms with van der Waals surface area (Å²) in [6.45, 7) is 4.66. The Morgan fingerprint density at radius 2 is 2.22 bits per heavy atom. The Bertz CT molecular complexity index is 623. The highest BCUT2D eigenvalue weighted by atomic mass is 19.4. The van der Waals surface area contributed by atoms with Gasteiger partial charge in [-0.1, -0.05) is 6.42 Å². The van der Waals surface area contributed by atoms with Crippen LogP contribution in [0.5, 0.6) is 0 Å². The van der Waals surface area contributed by atoms with Gasteiger partial charge in [-0.2, -0.15) is 18.3 Å². The molecular weight excluding hydrogens is 367 g/mol. The van der Waals surface area contributed by atoms with Gasteiger partial charge in [0, 0.05) is 51.5 Å². The lowest BCUT2D eigenvalue weighted by Crippen LogP contribution is -2.54. The number of nitrogens with zero attached hydrogens (tertiary/aromatic N) is 3. The van der Waals surface area contributed by atoms with Crippen LogP contribution in [0.2, 0.25) is 0 Å². The van der Waals surface area contributed by atoms with Crippen LogP contribution in [0.1, 0.15) is 24.8 Å². The third-order valence-corrected chi connectivity index (χ3v) is 4.96. The van der Waals surface area contributed by atoms with Gasteiger partial charge in [0.2, 0.25) is 0 Å². The number of carboxylic acids is 1. The van der Waals surface area contributed by atoms with Crippen molar-refractivity contribution in [2.24, 2.45) is 13.0 Å². The second-order valence-corrected chi connectivity index (χ2v) is 6.99. The molecule has 1 aromatic rings. The molecule has 0 amide bonds. The molecule has 1 saturated heterocycles. The second-order valence-electron chi connectivity index (χ2n) is 6.99. The molecule has 1 spiro atoms. The van der Waals surface area contributed by atoms with Crippen LogP contribution in [-0.2, 0) is 27.9 Å². The number of alkyl halides is 3. The Morgan fingerprint density at radius 1 is 1.52 bits per heavy atom. The van der Waals surface area contributed by atoms with Crippen molar-refractivity contribution in [1.82, 2.24) is 14.7 Å². The summed E-state index contributed by atoms with van der Waals surface area (Å²) in [6, 6.07) is 0. The third-order valence-electron chi connectivity index (χ3n) is 4.96. The third kappa shape index (κ3) is 5.91. The van der Waals surface area contributed by atoms with Gasteiger partial charge in [0.15, 0.2) is 0 Å². The van der Waals surface area contributed by atoms with E-state index in [9.17, 15) is 13.2 Å². The molecule has 10 heteroatoms. The number of aliphatic carboxylic acids is 1. The maximum atomic E-state index is 10.6. The van der Waals surface area contributed by atoms with E-state index in [2.05, 4.69) is 16.2 Å². The summed E-state index contributed by atoms with van der Waals surface area (Å²) >= 11 is 0. The van der Waals surface area contributed by atoms with Crippen LogP contribution in [0, 0.1) is 5.92 Å². The SMILES string of the molecule is COC[C@@H]1CCC[C@@]12CN(Cc1cnn(C)c1)CCO2.O=C(O)C(F)(F)F. The lowest BCUT2D eigenvalue weighted by atomic mass is 9.89. The minimum absolute atomic E-state index is 0.0243. The van der Waals surface area contributed by atoms with E-state index in [4.69, 9.17) is 19.4 Å². The van der Waals surface area contributed by atoms with Crippen LogP contribution in [0.15, 0.2) is 12.4 Å². The number of carboxylic acid groups (broad SMARTS) is 1. The Kier molecular flexibility index (Phi) is 7.24. The molecule has 2 atom stereocenters. The van der Waals surface area contributed by atoms with E-state index in [-0.39, 0.29) is 5.60 Å². The van der Waals surface area contributed by atoms with Gasteiger partial charge in [-0.25, -0.2) is 4.79 Å². The average Bonchev–Trinajstić information content (AvgIpc) is 3.15. The highest BCUT2D eigenvalue weighted by Gasteiger charge is 2.46. The fraction of sp³-hybridized carbons (Fsp3) is 0.765. The number of hydrogen-bond acceptors (Lipinski definition) is 5. The van der Waals surface area contributed by atoms with Crippen molar-refractivity contribution in [3.05, 3.63) is 18.0 Å². The normalized spacial score (nSPS) is 26.0. The highest BCUT2D eigenvalue weighted by Crippen LogP contribution is 2.41. The zero-order chi connectivity index (χ0) is 20.1. The van der Waals surface area contributed by atoms with Gasteiger partial charge in [0.1, 0.15) is 0 Å². The quantitative estimate of drug-likeness (QED) is 0.844. The van der Waals surface area contributed by atoms with E-state index < -0.39 is 12.1 Å². The largest absolute Gasteiger partial charge is 0.490 e. The maximum absolute atomic E-state index is 10.6. The lowest BCUT2D eigenvalue weighted by Gasteiger charge is -2.44. The van der Waals surface area contributed by atoms with Gasteiger partial charge in [-0.15, -0.1) is 0 Å². The van der Waals surface area contributed by atoms with Gasteiger partial charge in [0.05, 0.1) is 25.0 Å². The first-order valence-electron chi connectivity index (χ1n) is 8.79. The van der Waals surface area contributed by atoms with Gasteiger partial charge < -0.3 is 14.6 Å². The number of morpholine rings is 1. The molecule has 27 heavy (non-hydrogen) atoms. The molecule has 1 saturated carbocycles. The van der Waals surface area contributed by atoms with Crippen LogP contribution in [0.4, 0.5) is 13.2 Å². The van der Waals surface area contributed by atoms with Crippen molar-refractivity contribution in [2.45, 2.75) is 37.6 Å². The lowest BCUT2D eigenvalue weighted by molar-refractivity contribution is -0.192. The molecule has 0 unspecified atom stereocenters. The minimum atomic E-state index is -5.08. The number of carbonyl (C=O) groups is 1. The summed E-state index contributed by atoms with van der Waals surface area (Å²) in [6.07, 6.45) is 2.64. The van der Waals surface area contributed by atoms with Crippen LogP contribution >= 0.6 is 0 Å². The molecule has 1 aliphatic carbocycles. The molecular formula is C17H26F3N3O4. The van der Waals surface area contributed by atoms with Crippen LogP contribution in [0.3, 0.4) is 0 Å². The number of hydrogen-bond donors (Lipinski definition) is 1. The molecule has 3 rings (SSSR count). The van der Waals surface area contributed by atoms with Crippen LogP contribution in [-0.4, -0.2) is 70.9 Å². The summed E-state index contributed by atoms with van der Waals surface area (Å²) < 4.78 is 45.2. The molecule has 2 heterocycles. The topological polar surface area (TPSA) is 76.8 Å². The predicted molar refractivity (Wildman–Crippen MR) is 90.1 cm³/mol.